The highest BCUT2D eigenvalue weighted by Gasteiger charge is 2.49. The number of fused-ring (bicyclic) bond motifs is 2. The molecule has 130 valence electrons. The minimum Gasteiger partial charge on any atom is -0.314 e. The van der Waals surface area contributed by atoms with E-state index in [1.807, 2.05) is 0 Å². The Morgan fingerprint density at radius 3 is 2.65 bits per heavy atom. The van der Waals surface area contributed by atoms with E-state index in [0.29, 0.717) is 31.0 Å². The van der Waals surface area contributed by atoms with Gasteiger partial charge in [-0.15, -0.1) is 4.28 Å². The first kappa shape index (κ1) is 16.4. The molecule has 3 N–H and O–H groups in total. The molecule has 0 spiro atoms. The van der Waals surface area contributed by atoms with Crippen molar-refractivity contribution in [1.29, 1.82) is 0 Å². The van der Waals surface area contributed by atoms with E-state index in [4.69, 9.17) is 4.55 Å². The molecule has 12 heteroatoms. The number of carbonyl (C=O) groups excluding carboxylic acids is 2. The summed E-state index contributed by atoms with van der Waals surface area (Å²) in [7, 11) is -4.78. The normalized spacial score (nSPS) is 29.0. The summed E-state index contributed by atoms with van der Waals surface area (Å²) in [5, 5.41) is 5.59. The van der Waals surface area contributed by atoms with E-state index in [2.05, 4.69) is 15.0 Å². The van der Waals surface area contributed by atoms with E-state index in [0.717, 1.165) is 13.1 Å². The highest BCUT2D eigenvalue weighted by atomic mass is 32.3. The molecule has 2 bridgehead atoms. The van der Waals surface area contributed by atoms with Crippen LogP contribution < -0.4 is 10.7 Å². The fourth-order valence-corrected chi connectivity index (χ4v) is 3.50. The second-order valence-corrected chi connectivity index (χ2v) is 6.73. The maximum absolute atomic E-state index is 12.4. The fourth-order valence-electron chi connectivity index (χ4n) is 3.11. The second kappa shape index (κ2) is 6.20. The molecule has 0 radical (unpaired) electrons. The zero-order valence-electron chi connectivity index (χ0n) is 12.3. The molecule has 0 unspecified atom stereocenters. The Balaban J connectivity index is 1.64. The number of amides is 3. The third-order valence-corrected chi connectivity index (χ3v) is 4.53. The molecule has 3 aliphatic rings. The first-order chi connectivity index (χ1) is 10.8. The first-order valence-corrected chi connectivity index (χ1v) is 8.74. The average molecular weight is 349 g/mol. The summed E-state index contributed by atoms with van der Waals surface area (Å²) in [6.45, 7) is 3.07. The highest BCUT2D eigenvalue weighted by Crippen LogP contribution is 2.30. The van der Waals surface area contributed by atoms with Gasteiger partial charge in [-0.3, -0.25) is 14.8 Å². The second-order valence-electron chi connectivity index (χ2n) is 5.72. The number of hydrogen-bond acceptors (Lipinski definition) is 7. The van der Waals surface area contributed by atoms with Crippen molar-refractivity contribution in [3.63, 3.8) is 0 Å². The summed E-state index contributed by atoms with van der Waals surface area (Å²) in [4.78, 5) is 25.9. The van der Waals surface area contributed by atoms with Gasteiger partial charge in [-0.05, 0) is 12.8 Å². The van der Waals surface area contributed by atoms with Crippen molar-refractivity contribution in [2.24, 2.45) is 0 Å². The molecule has 0 aliphatic carbocycles. The third-order valence-electron chi connectivity index (χ3n) is 4.19. The quantitative estimate of drug-likeness (QED) is 0.493. The molecule has 3 heterocycles. The van der Waals surface area contributed by atoms with Crippen molar-refractivity contribution in [3.8, 4) is 0 Å². The minimum atomic E-state index is -4.78. The Hall–Kier alpha value is -1.47. The van der Waals surface area contributed by atoms with E-state index < -0.39 is 28.5 Å². The van der Waals surface area contributed by atoms with Crippen LogP contribution in [-0.2, 0) is 19.5 Å². The maximum Gasteiger partial charge on any atom is 0.418 e. The van der Waals surface area contributed by atoms with Gasteiger partial charge in [0.15, 0.2) is 0 Å². The molecule has 3 aliphatic heterocycles. The number of nitrogens with one attached hydrogen (secondary N) is 2. The van der Waals surface area contributed by atoms with Crippen molar-refractivity contribution < 1.29 is 26.8 Å². The Morgan fingerprint density at radius 2 is 2.00 bits per heavy atom. The molecule has 11 nitrogen and oxygen atoms in total. The largest absolute Gasteiger partial charge is 0.418 e. The van der Waals surface area contributed by atoms with Gasteiger partial charge in [-0.1, -0.05) is 0 Å². The van der Waals surface area contributed by atoms with Crippen molar-refractivity contribution in [3.05, 3.63) is 0 Å². The Bertz CT molecular complexity index is 592. The zero-order chi connectivity index (χ0) is 16.6. The van der Waals surface area contributed by atoms with E-state index in [1.54, 1.807) is 5.01 Å². The van der Waals surface area contributed by atoms with Gasteiger partial charge in [0.2, 0.25) is 0 Å². The maximum atomic E-state index is 12.4. The smallest absolute Gasteiger partial charge is 0.314 e. The van der Waals surface area contributed by atoms with Gasteiger partial charge in [-0.25, -0.2) is 9.80 Å². The molecule has 3 amide bonds. The number of rotatable bonds is 4. The topological polar surface area (TPSA) is 132 Å². The van der Waals surface area contributed by atoms with Gasteiger partial charge >= 0.3 is 16.4 Å². The predicted octanol–water partition coefficient (Wildman–Crippen LogP) is -2.07. The first-order valence-electron chi connectivity index (χ1n) is 7.38. The Kier molecular flexibility index (Phi) is 4.42. The van der Waals surface area contributed by atoms with Crippen LogP contribution in [0.1, 0.15) is 12.8 Å². The van der Waals surface area contributed by atoms with E-state index >= 15 is 0 Å². The molecule has 0 aromatic carbocycles. The summed E-state index contributed by atoms with van der Waals surface area (Å²) in [6.07, 6.45) is 0.817. The molecule has 3 rings (SSSR count). The number of urea groups is 1. The lowest BCUT2D eigenvalue weighted by molar-refractivity contribution is -0.131. The van der Waals surface area contributed by atoms with E-state index in [1.165, 1.54) is 4.90 Å². The molecule has 0 aromatic rings. The number of hydrazine groups is 1. The Labute approximate surface area is 133 Å². The monoisotopic (exact) mass is 349 g/mol. The Morgan fingerprint density at radius 1 is 1.30 bits per heavy atom. The van der Waals surface area contributed by atoms with Crippen molar-refractivity contribution in [2.75, 3.05) is 32.7 Å². The molecular weight excluding hydrogens is 330 g/mol. The van der Waals surface area contributed by atoms with Crippen LogP contribution in [0.25, 0.3) is 0 Å². The highest BCUT2D eigenvalue weighted by molar-refractivity contribution is 7.80. The molecule has 3 saturated heterocycles. The van der Waals surface area contributed by atoms with Gasteiger partial charge in [0.25, 0.3) is 5.91 Å². The molecule has 3 fully saturated rings. The SMILES string of the molecule is O=C(NN1CCNCC1)[C@@H]1CC[C@@H]2CN1C(=O)N2OS(=O)(=O)O. The lowest BCUT2D eigenvalue weighted by Gasteiger charge is -2.33. The van der Waals surface area contributed by atoms with Crippen LogP contribution in [0.2, 0.25) is 0 Å². The zero-order valence-corrected chi connectivity index (χ0v) is 13.2. The molecule has 2 atom stereocenters. The number of hydroxylamine groups is 2. The minimum absolute atomic E-state index is 0.188. The van der Waals surface area contributed by atoms with Crippen molar-refractivity contribution in [2.45, 2.75) is 24.9 Å². The lowest BCUT2D eigenvalue weighted by Crippen LogP contribution is -2.57. The molecular formula is C11H19N5O6S. The van der Waals surface area contributed by atoms with Crippen LogP contribution in [0.15, 0.2) is 0 Å². The van der Waals surface area contributed by atoms with Gasteiger partial charge in [0, 0.05) is 32.7 Å². The van der Waals surface area contributed by atoms with Crippen LogP contribution in [0, 0.1) is 0 Å². The van der Waals surface area contributed by atoms with Gasteiger partial charge in [-0.2, -0.15) is 13.5 Å². The standard InChI is InChI=1S/C11H19N5O6S/c17-10(13-14-5-3-12-4-6-14)9-2-1-8-7-15(9)11(18)16(8)22-23(19,20)21/h8-9,12H,1-7H2,(H,13,17)(H,19,20,21)/t8-,9+/m1/s1. The summed E-state index contributed by atoms with van der Waals surface area (Å²) in [5.74, 6) is -0.299. The predicted molar refractivity (Wildman–Crippen MR) is 76.0 cm³/mol. The lowest BCUT2D eigenvalue weighted by atomic mass is 10.0. The fraction of sp³-hybridized carbons (Fsp3) is 0.818. The van der Waals surface area contributed by atoms with Crippen LogP contribution in [0.4, 0.5) is 4.79 Å². The van der Waals surface area contributed by atoms with Gasteiger partial charge in [0.05, 0.1) is 6.04 Å². The summed E-state index contributed by atoms with van der Waals surface area (Å²) in [5.41, 5.74) is 2.79. The molecule has 0 aromatic heterocycles. The number of piperidine rings is 1. The third kappa shape index (κ3) is 3.55. The molecule has 0 saturated carbocycles. The number of nitrogens with zero attached hydrogens (tertiary/aromatic N) is 3. The van der Waals surface area contributed by atoms with Crippen LogP contribution in [-0.4, -0.2) is 84.7 Å². The summed E-state index contributed by atoms with van der Waals surface area (Å²) in [6, 6.07) is -1.90. The number of carbonyl (C=O) groups is 2. The number of piperazine rings is 1. The van der Waals surface area contributed by atoms with Gasteiger partial charge < -0.3 is 10.2 Å². The molecule has 23 heavy (non-hydrogen) atoms. The van der Waals surface area contributed by atoms with Crippen molar-refractivity contribution in [1.82, 2.24) is 25.7 Å². The van der Waals surface area contributed by atoms with E-state index in [9.17, 15) is 18.0 Å². The van der Waals surface area contributed by atoms with Crippen molar-refractivity contribution >= 4 is 22.3 Å². The van der Waals surface area contributed by atoms with Gasteiger partial charge in [0.1, 0.15) is 6.04 Å². The van der Waals surface area contributed by atoms with E-state index in [-0.39, 0.29) is 12.5 Å². The summed E-state index contributed by atoms with van der Waals surface area (Å²) >= 11 is 0. The number of hydrogen-bond donors (Lipinski definition) is 3. The average Bonchev–Trinajstić information content (AvgIpc) is 2.72. The summed E-state index contributed by atoms with van der Waals surface area (Å²) < 4.78 is 34.7. The van der Waals surface area contributed by atoms with Crippen LogP contribution in [0.5, 0.6) is 0 Å². The van der Waals surface area contributed by atoms with Crippen LogP contribution >= 0.6 is 0 Å². The van der Waals surface area contributed by atoms with Crippen LogP contribution in [0.3, 0.4) is 0 Å².